The van der Waals surface area contributed by atoms with Crippen LogP contribution in [0.4, 0.5) is 13.2 Å². The number of aliphatic hydroxyl groups excluding tert-OH is 1. The van der Waals surface area contributed by atoms with Gasteiger partial charge in [-0.2, -0.15) is 0 Å². The fraction of sp³-hybridized carbons (Fsp3) is 0.174. The number of halogens is 3. The summed E-state index contributed by atoms with van der Waals surface area (Å²) in [5.74, 6) is -0.747. The predicted molar refractivity (Wildman–Crippen MR) is 115 cm³/mol. The Bertz CT molecular complexity index is 1300. The molecule has 0 amide bonds. The minimum absolute atomic E-state index is 0.0367. The Morgan fingerprint density at radius 2 is 1.73 bits per heavy atom. The molecule has 3 aromatic rings. The maximum Gasteiger partial charge on any atom is 0.573 e. The normalized spacial score (nSPS) is 11.9. The molecule has 0 bridgehead atoms. The van der Waals surface area contributed by atoms with E-state index in [0.717, 1.165) is 6.07 Å². The number of aliphatic hydroxyl groups is 1. The standard InChI is InChI=1S/C23H20F3NO5S/c1-14-10-15(6-9-22(14)33(27,30)31)11-20(29)16-7-8-18(17(12-16)13-28)19-4-2-3-5-21(19)32-23(24,25)26/h2-10,12,28H,11,13H2,1H3,(H2,27,30,31). The monoisotopic (exact) mass is 479 g/mol. The molecule has 0 unspecified atom stereocenters. The first-order chi connectivity index (χ1) is 15.4. The van der Waals surface area contributed by atoms with Gasteiger partial charge in [0.05, 0.1) is 11.5 Å². The molecule has 0 aliphatic heterocycles. The number of nitrogens with two attached hydrogens (primary N) is 1. The second kappa shape index (κ2) is 9.34. The SMILES string of the molecule is Cc1cc(CC(=O)c2ccc(-c3ccccc3OC(F)(F)F)c(CO)c2)ccc1S(N)(=O)=O. The quantitative estimate of drug-likeness (QED) is 0.496. The van der Waals surface area contributed by atoms with E-state index in [9.17, 15) is 31.5 Å². The van der Waals surface area contributed by atoms with Crippen molar-refractivity contribution < 1.29 is 36.2 Å². The number of ether oxygens (including phenoxy) is 1. The molecule has 174 valence electrons. The highest BCUT2D eigenvalue weighted by Crippen LogP contribution is 2.36. The van der Waals surface area contributed by atoms with Crippen LogP contribution in [-0.4, -0.2) is 25.7 Å². The van der Waals surface area contributed by atoms with Crippen molar-refractivity contribution in [3.05, 3.63) is 82.9 Å². The Balaban J connectivity index is 1.91. The van der Waals surface area contributed by atoms with Crippen molar-refractivity contribution in [3.8, 4) is 16.9 Å². The Morgan fingerprint density at radius 1 is 1.03 bits per heavy atom. The van der Waals surface area contributed by atoms with Gasteiger partial charge in [0.2, 0.25) is 10.0 Å². The number of aryl methyl sites for hydroxylation is 1. The van der Waals surface area contributed by atoms with Gasteiger partial charge in [0.1, 0.15) is 5.75 Å². The number of carbonyl (C=O) groups is 1. The topological polar surface area (TPSA) is 107 Å². The highest BCUT2D eigenvalue weighted by Gasteiger charge is 2.32. The summed E-state index contributed by atoms with van der Waals surface area (Å²) in [5, 5.41) is 14.9. The van der Waals surface area contributed by atoms with Gasteiger partial charge in [-0.15, -0.1) is 13.2 Å². The third kappa shape index (κ3) is 5.98. The lowest BCUT2D eigenvalue weighted by Crippen LogP contribution is -2.17. The minimum Gasteiger partial charge on any atom is -0.405 e. The number of benzene rings is 3. The molecular weight excluding hydrogens is 459 g/mol. The average molecular weight is 479 g/mol. The molecule has 0 spiro atoms. The van der Waals surface area contributed by atoms with E-state index >= 15 is 0 Å². The number of Topliss-reactive ketones (excluding diaryl/α,β-unsaturated/α-hetero) is 1. The van der Waals surface area contributed by atoms with Crippen LogP contribution in [-0.2, 0) is 23.1 Å². The molecule has 0 radical (unpaired) electrons. The van der Waals surface area contributed by atoms with Crippen LogP contribution in [0.25, 0.3) is 11.1 Å². The van der Waals surface area contributed by atoms with Crippen LogP contribution in [0.1, 0.15) is 27.0 Å². The molecular formula is C23H20F3NO5S. The molecule has 0 saturated heterocycles. The van der Waals surface area contributed by atoms with Gasteiger partial charge in [-0.1, -0.05) is 42.5 Å². The molecule has 3 N–H and O–H groups in total. The average Bonchev–Trinajstić information content (AvgIpc) is 2.71. The highest BCUT2D eigenvalue weighted by molar-refractivity contribution is 7.89. The number of alkyl halides is 3. The zero-order chi connectivity index (χ0) is 24.4. The van der Waals surface area contributed by atoms with Gasteiger partial charge >= 0.3 is 6.36 Å². The lowest BCUT2D eigenvalue weighted by atomic mass is 9.94. The summed E-state index contributed by atoms with van der Waals surface area (Å²) in [6.45, 7) is 1.05. The van der Waals surface area contributed by atoms with Gasteiger partial charge in [0.15, 0.2) is 5.78 Å². The van der Waals surface area contributed by atoms with Gasteiger partial charge < -0.3 is 9.84 Å². The number of hydrogen-bond donors (Lipinski definition) is 2. The summed E-state index contributed by atoms with van der Waals surface area (Å²) >= 11 is 0. The maximum absolute atomic E-state index is 12.8. The molecule has 3 rings (SSSR count). The zero-order valence-electron chi connectivity index (χ0n) is 17.4. The van der Waals surface area contributed by atoms with Crippen molar-refractivity contribution in [1.29, 1.82) is 0 Å². The molecule has 3 aromatic carbocycles. The minimum atomic E-state index is -4.89. The number of primary sulfonamides is 1. The molecule has 33 heavy (non-hydrogen) atoms. The van der Waals surface area contributed by atoms with Gasteiger partial charge in [0.25, 0.3) is 0 Å². The third-order valence-corrected chi connectivity index (χ3v) is 5.98. The highest BCUT2D eigenvalue weighted by atomic mass is 32.2. The number of hydrogen-bond acceptors (Lipinski definition) is 5. The van der Waals surface area contributed by atoms with Crippen LogP contribution in [0.3, 0.4) is 0 Å². The number of sulfonamides is 1. The van der Waals surface area contributed by atoms with Gasteiger partial charge in [0, 0.05) is 17.5 Å². The summed E-state index contributed by atoms with van der Waals surface area (Å²) in [7, 11) is -3.88. The van der Waals surface area contributed by atoms with E-state index < -0.39 is 28.7 Å². The van der Waals surface area contributed by atoms with Crippen molar-refractivity contribution in [1.82, 2.24) is 0 Å². The summed E-state index contributed by atoms with van der Waals surface area (Å²) in [6, 6.07) is 14.2. The second-order valence-electron chi connectivity index (χ2n) is 7.32. The van der Waals surface area contributed by atoms with Gasteiger partial charge in [-0.3, -0.25) is 4.79 Å². The number of rotatable bonds is 7. The Morgan fingerprint density at radius 3 is 2.33 bits per heavy atom. The van der Waals surface area contributed by atoms with Crippen LogP contribution in [0.15, 0.2) is 65.6 Å². The first kappa shape index (κ1) is 24.4. The van der Waals surface area contributed by atoms with E-state index in [1.54, 1.807) is 13.0 Å². The van der Waals surface area contributed by atoms with Crippen LogP contribution in [0.5, 0.6) is 5.75 Å². The molecule has 0 aromatic heterocycles. The molecule has 0 aliphatic carbocycles. The molecule has 0 saturated carbocycles. The molecule has 0 atom stereocenters. The molecule has 0 heterocycles. The van der Waals surface area contributed by atoms with E-state index in [0.29, 0.717) is 16.7 Å². The Labute approximate surface area is 188 Å². The maximum atomic E-state index is 12.8. The van der Waals surface area contributed by atoms with Crippen LogP contribution < -0.4 is 9.88 Å². The van der Waals surface area contributed by atoms with Crippen molar-refractivity contribution in [2.24, 2.45) is 5.14 Å². The van der Waals surface area contributed by atoms with E-state index in [-0.39, 0.29) is 33.8 Å². The lowest BCUT2D eigenvalue weighted by molar-refractivity contribution is -0.274. The molecule has 0 aliphatic rings. The van der Waals surface area contributed by atoms with Gasteiger partial charge in [-0.05, 0) is 47.4 Å². The second-order valence-corrected chi connectivity index (χ2v) is 8.85. The van der Waals surface area contributed by atoms with Crippen molar-refractivity contribution in [2.45, 2.75) is 31.2 Å². The Hall–Kier alpha value is -3.21. The van der Waals surface area contributed by atoms with E-state index in [2.05, 4.69) is 4.74 Å². The fourth-order valence-electron chi connectivity index (χ4n) is 3.49. The summed E-state index contributed by atoms with van der Waals surface area (Å²) in [6.07, 6.45) is -4.94. The van der Waals surface area contributed by atoms with Crippen LogP contribution in [0, 0.1) is 6.92 Å². The summed E-state index contributed by atoms with van der Waals surface area (Å²) in [5.41, 5.74) is 1.86. The number of carbonyl (C=O) groups excluding carboxylic acids is 1. The summed E-state index contributed by atoms with van der Waals surface area (Å²) < 4.78 is 65.5. The van der Waals surface area contributed by atoms with Crippen LogP contribution in [0.2, 0.25) is 0 Å². The van der Waals surface area contributed by atoms with E-state index in [1.165, 1.54) is 48.5 Å². The predicted octanol–water partition coefficient (Wildman–Crippen LogP) is 4.13. The first-order valence-electron chi connectivity index (χ1n) is 9.63. The molecule has 6 nitrogen and oxygen atoms in total. The van der Waals surface area contributed by atoms with Gasteiger partial charge in [-0.25, -0.2) is 13.6 Å². The fourth-order valence-corrected chi connectivity index (χ4v) is 4.26. The zero-order valence-corrected chi connectivity index (χ0v) is 18.2. The van der Waals surface area contributed by atoms with Crippen LogP contribution >= 0.6 is 0 Å². The van der Waals surface area contributed by atoms with Crippen molar-refractivity contribution in [2.75, 3.05) is 0 Å². The van der Waals surface area contributed by atoms with Crippen molar-refractivity contribution in [3.63, 3.8) is 0 Å². The smallest absolute Gasteiger partial charge is 0.405 e. The lowest BCUT2D eigenvalue weighted by Gasteiger charge is -2.16. The van der Waals surface area contributed by atoms with E-state index in [1.807, 2.05) is 0 Å². The molecule has 0 fully saturated rings. The molecule has 10 heteroatoms. The summed E-state index contributed by atoms with van der Waals surface area (Å²) in [4.78, 5) is 12.7. The van der Waals surface area contributed by atoms with E-state index in [4.69, 9.17) is 5.14 Å². The Kier molecular flexibility index (Phi) is 6.92. The number of ketones is 1. The third-order valence-electron chi connectivity index (χ3n) is 4.91. The van der Waals surface area contributed by atoms with Crippen molar-refractivity contribution >= 4 is 15.8 Å². The first-order valence-corrected chi connectivity index (χ1v) is 11.2. The number of para-hydroxylation sites is 1. The largest absolute Gasteiger partial charge is 0.573 e.